The lowest BCUT2D eigenvalue weighted by Gasteiger charge is -2.28. The van der Waals surface area contributed by atoms with E-state index in [1.807, 2.05) is 13.8 Å². The molecule has 1 unspecified atom stereocenters. The fourth-order valence-electron chi connectivity index (χ4n) is 1.81. The molecule has 88 valence electrons. The van der Waals surface area contributed by atoms with Gasteiger partial charge in [0.1, 0.15) is 0 Å². The monoisotopic (exact) mass is 232 g/mol. The van der Waals surface area contributed by atoms with Gasteiger partial charge in [0.05, 0.1) is 5.41 Å². The van der Waals surface area contributed by atoms with E-state index in [9.17, 15) is 9.90 Å². The minimum absolute atomic E-state index is 0.558. The quantitative estimate of drug-likeness (QED) is 0.715. The van der Waals surface area contributed by atoms with Crippen LogP contribution in [0, 0.1) is 5.41 Å². The second-order valence-corrected chi connectivity index (χ2v) is 4.39. The van der Waals surface area contributed by atoms with Crippen LogP contribution in [0.15, 0.2) is 11.1 Å². The molecule has 0 radical (unpaired) electrons. The molecular weight excluding hydrogens is 212 g/mol. The van der Waals surface area contributed by atoms with Crippen molar-refractivity contribution in [1.29, 1.82) is 0 Å². The Bertz CT molecular complexity index is 236. The first-order valence-electron chi connectivity index (χ1n) is 5.51. The Morgan fingerprint density at radius 2 is 2.07 bits per heavy atom. The fraction of sp³-hybridized carbons (Fsp3) is 0.750. The second-order valence-electron chi connectivity index (χ2n) is 4.17. The van der Waals surface area contributed by atoms with E-state index in [1.54, 1.807) is 0 Å². The third-order valence-electron chi connectivity index (χ3n) is 2.94. The highest BCUT2D eigenvalue weighted by molar-refractivity contribution is 6.25. The fourth-order valence-corrected chi connectivity index (χ4v) is 1.89. The van der Waals surface area contributed by atoms with E-state index in [2.05, 4.69) is 6.92 Å². The maximum atomic E-state index is 11.3. The molecule has 15 heavy (non-hydrogen) atoms. The van der Waals surface area contributed by atoms with E-state index in [0.29, 0.717) is 12.8 Å². The molecule has 0 aromatic rings. The highest BCUT2D eigenvalue weighted by Gasteiger charge is 2.35. The summed E-state index contributed by atoms with van der Waals surface area (Å²) in [6.45, 7) is 5.89. The van der Waals surface area contributed by atoms with Gasteiger partial charge in [-0.3, -0.25) is 4.79 Å². The van der Waals surface area contributed by atoms with Gasteiger partial charge < -0.3 is 5.11 Å². The van der Waals surface area contributed by atoms with Crippen molar-refractivity contribution in [3.8, 4) is 0 Å². The molecule has 0 fully saturated rings. The van der Waals surface area contributed by atoms with Crippen LogP contribution in [0.3, 0.4) is 0 Å². The second kappa shape index (κ2) is 6.89. The minimum atomic E-state index is -0.698. The zero-order chi connectivity index (χ0) is 11.9. The highest BCUT2D eigenvalue weighted by Crippen LogP contribution is 2.36. The lowest BCUT2D eigenvalue weighted by Crippen LogP contribution is -2.30. The van der Waals surface area contributed by atoms with Crippen molar-refractivity contribution in [3.05, 3.63) is 11.1 Å². The first kappa shape index (κ1) is 14.5. The molecule has 0 spiro atoms. The Morgan fingerprint density at radius 1 is 1.47 bits per heavy atom. The first-order valence-corrected chi connectivity index (χ1v) is 5.95. The maximum absolute atomic E-state index is 11.3. The molecule has 0 aliphatic rings. The summed E-state index contributed by atoms with van der Waals surface area (Å²) in [5.74, 6) is -0.698. The van der Waals surface area contributed by atoms with Gasteiger partial charge in [-0.15, -0.1) is 0 Å². The maximum Gasteiger partial charge on any atom is 0.309 e. The van der Waals surface area contributed by atoms with Crippen LogP contribution < -0.4 is 0 Å². The highest BCUT2D eigenvalue weighted by atomic mass is 35.5. The van der Waals surface area contributed by atoms with Crippen molar-refractivity contribution in [3.63, 3.8) is 0 Å². The van der Waals surface area contributed by atoms with E-state index < -0.39 is 11.4 Å². The van der Waals surface area contributed by atoms with Crippen LogP contribution in [0.1, 0.15) is 52.9 Å². The molecular formula is C12H21ClO2. The normalized spacial score (nSPS) is 16.1. The zero-order valence-electron chi connectivity index (χ0n) is 9.85. The van der Waals surface area contributed by atoms with Crippen molar-refractivity contribution in [2.45, 2.75) is 52.9 Å². The predicted octanol–water partition coefficient (Wildman–Crippen LogP) is 4.19. The number of carboxylic acids is 1. The van der Waals surface area contributed by atoms with Crippen LogP contribution in [0.25, 0.3) is 0 Å². The van der Waals surface area contributed by atoms with Crippen molar-refractivity contribution in [2.75, 3.05) is 0 Å². The number of unbranched alkanes of at least 4 members (excludes halogenated alkanes) is 1. The van der Waals surface area contributed by atoms with Gasteiger partial charge in [-0.25, -0.2) is 0 Å². The molecule has 0 aromatic heterocycles. The molecule has 0 rings (SSSR count). The van der Waals surface area contributed by atoms with E-state index >= 15 is 0 Å². The molecule has 1 atom stereocenters. The number of hydrogen-bond donors (Lipinski definition) is 1. The van der Waals surface area contributed by atoms with Crippen LogP contribution in [0.2, 0.25) is 0 Å². The molecule has 0 amide bonds. The smallest absolute Gasteiger partial charge is 0.309 e. The van der Waals surface area contributed by atoms with Gasteiger partial charge in [-0.1, -0.05) is 43.9 Å². The van der Waals surface area contributed by atoms with E-state index in [-0.39, 0.29) is 0 Å². The van der Waals surface area contributed by atoms with Gasteiger partial charge in [-0.2, -0.15) is 0 Å². The third kappa shape index (κ3) is 4.25. The molecule has 0 aromatic carbocycles. The summed E-state index contributed by atoms with van der Waals surface area (Å²) in [6, 6.07) is 0. The summed E-state index contributed by atoms with van der Waals surface area (Å²) >= 11 is 5.60. The molecule has 0 bridgehead atoms. The largest absolute Gasteiger partial charge is 0.481 e. The summed E-state index contributed by atoms with van der Waals surface area (Å²) in [6.07, 6.45) is 3.93. The summed E-state index contributed by atoms with van der Waals surface area (Å²) in [5, 5.41) is 9.32. The summed E-state index contributed by atoms with van der Waals surface area (Å²) < 4.78 is 0. The lowest BCUT2D eigenvalue weighted by atomic mass is 9.75. The van der Waals surface area contributed by atoms with Crippen molar-refractivity contribution < 1.29 is 9.90 Å². The van der Waals surface area contributed by atoms with Crippen molar-refractivity contribution in [2.24, 2.45) is 5.41 Å². The van der Waals surface area contributed by atoms with Crippen LogP contribution in [0.4, 0.5) is 0 Å². The number of halogens is 1. The molecule has 0 saturated heterocycles. The van der Waals surface area contributed by atoms with Crippen molar-refractivity contribution >= 4 is 17.6 Å². The van der Waals surface area contributed by atoms with E-state index in [0.717, 1.165) is 24.8 Å². The molecule has 0 aliphatic heterocycles. The number of aliphatic carboxylic acids is 1. The third-order valence-corrected chi connectivity index (χ3v) is 3.32. The summed E-state index contributed by atoms with van der Waals surface area (Å²) in [7, 11) is 0. The van der Waals surface area contributed by atoms with Crippen LogP contribution in [0.5, 0.6) is 0 Å². The Balaban J connectivity index is 4.73. The topological polar surface area (TPSA) is 37.3 Å². The first-order chi connectivity index (χ1) is 7.02. The van der Waals surface area contributed by atoms with Gasteiger partial charge in [0.25, 0.3) is 0 Å². The van der Waals surface area contributed by atoms with E-state index in [1.165, 1.54) is 5.54 Å². The standard InChI is InChI=1S/C12H21ClO2/c1-4-6-7-12(5-2,11(14)15)8-10(3)9-13/h9H,4-8H2,1-3H3,(H,14,15). The Kier molecular flexibility index (Phi) is 6.66. The number of carbonyl (C=O) groups is 1. The van der Waals surface area contributed by atoms with Gasteiger partial charge >= 0.3 is 5.97 Å². The van der Waals surface area contributed by atoms with Crippen LogP contribution in [-0.4, -0.2) is 11.1 Å². The number of hydrogen-bond acceptors (Lipinski definition) is 1. The van der Waals surface area contributed by atoms with Gasteiger partial charge in [0, 0.05) is 5.54 Å². The van der Waals surface area contributed by atoms with Crippen LogP contribution in [-0.2, 0) is 4.79 Å². The SMILES string of the molecule is CCCCC(CC)(CC(C)=CCl)C(=O)O. The van der Waals surface area contributed by atoms with Crippen LogP contribution >= 0.6 is 11.6 Å². The molecule has 3 heteroatoms. The zero-order valence-corrected chi connectivity index (χ0v) is 10.6. The molecule has 0 aliphatic carbocycles. The number of carboxylic acid groups (broad SMARTS) is 1. The van der Waals surface area contributed by atoms with E-state index in [4.69, 9.17) is 11.6 Å². The lowest BCUT2D eigenvalue weighted by molar-refractivity contribution is -0.149. The Morgan fingerprint density at radius 3 is 2.40 bits per heavy atom. The average molecular weight is 233 g/mol. The molecule has 0 heterocycles. The Hall–Kier alpha value is -0.500. The van der Waals surface area contributed by atoms with Gasteiger partial charge in [0.2, 0.25) is 0 Å². The van der Waals surface area contributed by atoms with Crippen molar-refractivity contribution in [1.82, 2.24) is 0 Å². The molecule has 1 N–H and O–H groups in total. The summed E-state index contributed by atoms with van der Waals surface area (Å²) in [5.41, 5.74) is 1.81. The predicted molar refractivity (Wildman–Crippen MR) is 64.1 cm³/mol. The minimum Gasteiger partial charge on any atom is -0.481 e. The van der Waals surface area contributed by atoms with Gasteiger partial charge in [-0.05, 0) is 26.2 Å². The summed E-state index contributed by atoms with van der Waals surface area (Å²) in [4.78, 5) is 11.3. The number of allylic oxidation sites excluding steroid dienone is 1. The van der Waals surface area contributed by atoms with Gasteiger partial charge in [0.15, 0.2) is 0 Å². The Labute approximate surface area is 97.3 Å². The average Bonchev–Trinajstić information content (AvgIpc) is 2.23. The molecule has 2 nitrogen and oxygen atoms in total. The molecule has 0 saturated carbocycles. The number of rotatable bonds is 7.